The molecule has 2 N–H and O–H groups in total. The number of guanidine groups is 1. The van der Waals surface area contributed by atoms with Crippen LogP contribution in [0.2, 0.25) is 0 Å². The predicted octanol–water partition coefficient (Wildman–Crippen LogP) is 4.43. The van der Waals surface area contributed by atoms with Crippen LogP contribution in [0, 0.1) is 5.92 Å². The molecular formula is C21H39IN6. The van der Waals surface area contributed by atoms with Crippen LogP contribution in [0.4, 0.5) is 0 Å². The molecule has 1 fully saturated rings. The Hall–Kier alpha value is -0.860. The molecule has 1 aromatic rings. The molecule has 2 heterocycles. The van der Waals surface area contributed by atoms with Gasteiger partial charge in [0.1, 0.15) is 12.4 Å². The van der Waals surface area contributed by atoms with Crippen molar-refractivity contribution in [3.05, 3.63) is 11.6 Å². The zero-order valence-corrected chi connectivity index (χ0v) is 20.1. The van der Waals surface area contributed by atoms with Crippen molar-refractivity contribution < 1.29 is 0 Å². The predicted molar refractivity (Wildman–Crippen MR) is 126 cm³/mol. The lowest BCUT2D eigenvalue weighted by molar-refractivity contribution is 0.322. The van der Waals surface area contributed by atoms with Crippen LogP contribution in [-0.4, -0.2) is 33.3 Å². The number of halogens is 1. The van der Waals surface area contributed by atoms with E-state index in [0.29, 0.717) is 12.6 Å². The second kappa shape index (κ2) is 12.6. The lowest BCUT2D eigenvalue weighted by atomic mass is 9.85. The van der Waals surface area contributed by atoms with E-state index in [0.717, 1.165) is 43.0 Å². The number of hydrogen-bond acceptors (Lipinski definition) is 3. The van der Waals surface area contributed by atoms with Crippen LogP contribution in [-0.2, 0) is 19.5 Å². The van der Waals surface area contributed by atoms with Crippen molar-refractivity contribution in [2.45, 2.75) is 104 Å². The van der Waals surface area contributed by atoms with E-state index in [1.807, 2.05) is 0 Å². The second-order valence-electron chi connectivity index (χ2n) is 8.32. The smallest absolute Gasteiger partial charge is 0.191 e. The summed E-state index contributed by atoms with van der Waals surface area (Å²) < 4.78 is 2.28. The fraction of sp³-hybridized carbons (Fsp3) is 0.857. The SMILES string of the molecule is CCNC(=NCc1nnc2n1CCCCC2)NC(C)CCC1CCCCC1.I. The fourth-order valence-electron chi connectivity index (χ4n) is 4.40. The monoisotopic (exact) mass is 502 g/mol. The Morgan fingerprint density at radius 3 is 2.71 bits per heavy atom. The molecular weight excluding hydrogens is 463 g/mol. The van der Waals surface area contributed by atoms with E-state index >= 15 is 0 Å². The van der Waals surface area contributed by atoms with Crippen LogP contribution < -0.4 is 10.6 Å². The minimum Gasteiger partial charge on any atom is -0.357 e. The number of aromatic nitrogens is 3. The molecule has 1 unspecified atom stereocenters. The van der Waals surface area contributed by atoms with Crippen molar-refractivity contribution in [1.29, 1.82) is 0 Å². The summed E-state index contributed by atoms with van der Waals surface area (Å²) in [6.45, 7) is 6.90. The summed E-state index contributed by atoms with van der Waals surface area (Å²) in [5.41, 5.74) is 0. The first-order valence-electron chi connectivity index (χ1n) is 11.2. The molecule has 28 heavy (non-hydrogen) atoms. The standard InChI is InChI=1S/C21H38N6.HI/c1-3-22-21(24-17(2)13-14-18-10-6-4-7-11-18)23-16-20-26-25-19-12-8-5-9-15-27(19)20;/h17-18H,3-16H2,1-2H3,(H2,22,23,24);1H. The Morgan fingerprint density at radius 2 is 1.93 bits per heavy atom. The Kier molecular flexibility index (Phi) is 10.6. The van der Waals surface area contributed by atoms with E-state index in [2.05, 4.69) is 39.2 Å². The van der Waals surface area contributed by atoms with Crippen molar-refractivity contribution in [2.75, 3.05) is 6.54 Å². The van der Waals surface area contributed by atoms with Gasteiger partial charge in [-0.25, -0.2) is 4.99 Å². The third-order valence-electron chi connectivity index (χ3n) is 6.02. The number of nitrogens with one attached hydrogen (secondary N) is 2. The molecule has 1 aliphatic heterocycles. The first-order chi connectivity index (χ1) is 13.3. The number of aliphatic imine (C=N–C) groups is 1. The van der Waals surface area contributed by atoms with Gasteiger partial charge in [-0.3, -0.25) is 0 Å². The van der Waals surface area contributed by atoms with Crippen molar-refractivity contribution in [2.24, 2.45) is 10.9 Å². The molecule has 0 aromatic carbocycles. The Labute approximate surface area is 187 Å². The van der Waals surface area contributed by atoms with Crippen LogP contribution in [0.5, 0.6) is 0 Å². The van der Waals surface area contributed by atoms with Gasteiger partial charge >= 0.3 is 0 Å². The first kappa shape index (κ1) is 23.4. The summed E-state index contributed by atoms with van der Waals surface area (Å²) in [5, 5.41) is 15.8. The molecule has 0 radical (unpaired) electrons. The van der Waals surface area contributed by atoms with Gasteiger partial charge in [0.15, 0.2) is 11.8 Å². The van der Waals surface area contributed by atoms with Gasteiger partial charge in [-0.1, -0.05) is 38.5 Å². The highest BCUT2D eigenvalue weighted by Gasteiger charge is 2.16. The Bertz CT molecular complexity index is 594. The molecule has 160 valence electrons. The van der Waals surface area contributed by atoms with Gasteiger partial charge in [-0.2, -0.15) is 0 Å². The molecule has 7 heteroatoms. The van der Waals surface area contributed by atoms with Crippen molar-refractivity contribution in [3.63, 3.8) is 0 Å². The molecule has 0 saturated heterocycles. The summed E-state index contributed by atoms with van der Waals surface area (Å²) in [6, 6.07) is 0.445. The number of aryl methyl sites for hydroxylation is 1. The minimum absolute atomic E-state index is 0. The fourth-order valence-corrected chi connectivity index (χ4v) is 4.40. The second-order valence-corrected chi connectivity index (χ2v) is 8.32. The largest absolute Gasteiger partial charge is 0.357 e. The average molecular weight is 502 g/mol. The van der Waals surface area contributed by atoms with Crippen LogP contribution >= 0.6 is 24.0 Å². The van der Waals surface area contributed by atoms with Crippen molar-refractivity contribution >= 4 is 29.9 Å². The zero-order chi connectivity index (χ0) is 18.9. The summed E-state index contributed by atoms with van der Waals surface area (Å²) in [6.07, 6.45) is 14.5. The number of nitrogens with zero attached hydrogens (tertiary/aromatic N) is 4. The van der Waals surface area contributed by atoms with Gasteiger partial charge < -0.3 is 15.2 Å². The van der Waals surface area contributed by atoms with E-state index in [9.17, 15) is 0 Å². The average Bonchev–Trinajstić information content (AvgIpc) is 2.91. The van der Waals surface area contributed by atoms with Crippen molar-refractivity contribution in [1.82, 2.24) is 25.4 Å². The van der Waals surface area contributed by atoms with E-state index in [4.69, 9.17) is 4.99 Å². The third-order valence-corrected chi connectivity index (χ3v) is 6.02. The van der Waals surface area contributed by atoms with Crippen LogP contribution in [0.3, 0.4) is 0 Å². The van der Waals surface area contributed by atoms with E-state index < -0.39 is 0 Å². The van der Waals surface area contributed by atoms with E-state index in [1.54, 1.807) is 0 Å². The minimum atomic E-state index is 0. The van der Waals surface area contributed by atoms with E-state index in [-0.39, 0.29) is 24.0 Å². The van der Waals surface area contributed by atoms with E-state index in [1.165, 1.54) is 64.2 Å². The zero-order valence-electron chi connectivity index (χ0n) is 17.8. The van der Waals surface area contributed by atoms with Gasteiger partial charge in [-0.15, -0.1) is 34.2 Å². The molecule has 0 spiro atoms. The van der Waals surface area contributed by atoms with Crippen LogP contribution in [0.1, 0.15) is 89.7 Å². The molecule has 1 saturated carbocycles. The molecule has 3 rings (SSSR count). The third kappa shape index (κ3) is 7.19. The molecule has 6 nitrogen and oxygen atoms in total. The summed E-state index contributed by atoms with van der Waals surface area (Å²) >= 11 is 0. The van der Waals surface area contributed by atoms with Crippen LogP contribution in [0.15, 0.2) is 4.99 Å². The van der Waals surface area contributed by atoms with Gasteiger partial charge in [0.2, 0.25) is 0 Å². The molecule has 1 aliphatic carbocycles. The van der Waals surface area contributed by atoms with Crippen molar-refractivity contribution in [3.8, 4) is 0 Å². The number of fused-ring (bicyclic) bond motifs is 1. The maximum atomic E-state index is 4.80. The molecule has 2 aliphatic rings. The van der Waals surface area contributed by atoms with Gasteiger partial charge in [-0.05, 0) is 45.4 Å². The highest BCUT2D eigenvalue weighted by atomic mass is 127. The molecule has 1 atom stereocenters. The highest BCUT2D eigenvalue weighted by molar-refractivity contribution is 14.0. The quantitative estimate of drug-likeness (QED) is 0.329. The summed E-state index contributed by atoms with van der Waals surface area (Å²) in [7, 11) is 0. The van der Waals surface area contributed by atoms with Crippen LogP contribution in [0.25, 0.3) is 0 Å². The lowest BCUT2D eigenvalue weighted by Crippen LogP contribution is -2.42. The maximum Gasteiger partial charge on any atom is 0.191 e. The molecule has 0 amide bonds. The lowest BCUT2D eigenvalue weighted by Gasteiger charge is -2.24. The Balaban J connectivity index is 0.00000280. The summed E-state index contributed by atoms with van der Waals surface area (Å²) in [4.78, 5) is 4.80. The molecule has 0 bridgehead atoms. The highest BCUT2D eigenvalue weighted by Crippen LogP contribution is 2.27. The molecule has 1 aromatic heterocycles. The number of hydrogen-bond donors (Lipinski definition) is 2. The summed E-state index contributed by atoms with van der Waals surface area (Å²) in [5.74, 6) is 3.98. The number of rotatable bonds is 7. The Morgan fingerprint density at radius 1 is 1.14 bits per heavy atom. The van der Waals surface area contributed by atoms with Gasteiger partial charge in [0, 0.05) is 25.6 Å². The first-order valence-corrected chi connectivity index (χ1v) is 11.2. The maximum absolute atomic E-state index is 4.80. The van der Waals surface area contributed by atoms with Gasteiger partial charge in [0.05, 0.1) is 0 Å². The topological polar surface area (TPSA) is 67.1 Å². The van der Waals surface area contributed by atoms with Gasteiger partial charge in [0.25, 0.3) is 0 Å². The normalized spacial score (nSPS) is 19.3.